The minimum Gasteiger partial charge on any atom is -0.288 e. The summed E-state index contributed by atoms with van der Waals surface area (Å²) in [6.07, 6.45) is -7.25. The van der Waals surface area contributed by atoms with Gasteiger partial charge < -0.3 is 0 Å². The highest BCUT2D eigenvalue weighted by Crippen LogP contribution is 2.63. The van der Waals surface area contributed by atoms with Crippen molar-refractivity contribution in [3.8, 4) is 0 Å². The fourth-order valence-corrected chi connectivity index (χ4v) is 1.61. The van der Waals surface area contributed by atoms with E-state index in [1.165, 1.54) is 0 Å². The molecule has 0 heterocycles. The number of allylic oxidation sites excluding steroid dienone is 1. The smallest absolute Gasteiger partial charge is 0.288 e. The maximum atomic E-state index is 13.4. The summed E-state index contributed by atoms with van der Waals surface area (Å²) < 4.78 is 221. The average Bonchev–Trinajstić information content (AvgIpc) is 2.58. The molecule has 1 amide bonds. The highest BCUT2D eigenvalue weighted by Gasteiger charge is 2.95. The molecule has 0 saturated heterocycles. The van der Waals surface area contributed by atoms with Crippen LogP contribution in [0.15, 0.2) is 11.6 Å². The minimum atomic E-state index is -8.70. The van der Waals surface area contributed by atoms with Crippen LogP contribution in [0.3, 0.4) is 0 Å². The molecule has 0 aromatic rings. The molecule has 0 aliphatic rings. The Kier molecular flexibility index (Phi) is 7.32. The van der Waals surface area contributed by atoms with E-state index in [1.807, 2.05) is 0 Å². The van der Waals surface area contributed by atoms with Crippen molar-refractivity contribution < 1.29 is 79.4 Å². The summed E-state index contributed by atoms with van der Waals surface area (Å²) in [6, 6.07) is -6.95. The van der Waals surface area contributed by atoms with Gasteiger partial charge in [-0.3, -0.25) is 10.1 Å². The zero-order valence-corrected chi connectivity index (χ0v) is 14.9. The molecule has 0 saturated carbocycles. The first-order valence-corrected chi connectivity index (χ1v) is 7.28. The van der Waals surface area contributed by atoms with Gasteiger partial charge in [0.25, 0.3) is 5.91 Å². The Morgan fingerprint density at radius 2 is 0.844 bits per heavy atom. The predicted molar refractivity (Wildman–Crippen MR) is 68.3 cm³/mol. The summed E-state index contributed by atoms with van der Waals surface area (Å²) >= 11 is 0. The fourth-order valence-electron chi connectivity index (χ4n) is 1.61. The van der Waals surface area contributed by atoms with Crippen LogP contribution in [0.25, 0.3) is 0 Å². The molecule has 0 rings (SSSR count). The van der Waals surface area contributed by atoms with Crippen molar-refractivity contribution in [3.05, 3.63) is 11.6 Å². The quantitative estimate of drug-likeness (QED) is 0.238. The Morgan fingerprint density at radius 3 is 1.12 bits per heavy atom. The molecule has 1 N–H and O–H groups in total. The van der Waals surface area contributed by atoms with E-state index in [0.29, 0.717) is 13.0 Å². The fraction of sp³-hybridized carbons (Fsp3) is 0.769. The summed E-state index contributed by atoms with van der Waals surface area (Å²) in [5.74, 6) is -52.9. The molecular weight excluding hydrogens is 509 g/mol. The summed E-state index contributed by atoms with van der Waals surface area (Å²) in [6.45, 7) is 1.43. The number of hydrogen-bond acceptors (Lipinski definition) is 1. The molecule has 0 aromatic carbocycles. The van der Waals surface area contributed by atoms with Crippen molar-refractivity contribution in [2.45, 2.75) is 61.6 Å². The first-order valence-electron chi connectivity index (χ1n) is 7.28. The second-order valence-electron chi connectivity index (χ2n) is 5.94. The monoisotopic (exact) mass is 517 g/mol. The molecule has 0 aromatic heterocycles. The van der Waals surface area contributed by atoms with E-state index in [4.69, 9.17) is 0 Å². The summed E-state index contributed by atoms with van der Waals surface area (Å²) in [5.41, 5.74) is -0.975. The number of halogens is 17. The van der Waals surface area contributed by atoms with E-state index in [1.54, 1.807) is 0 Å². The Balaban J connectivity index is 6.68. The Bertz CT molecular complexity index is 748. The Labute approximate surface area is 165 Å². The van der Waals surface area contributed by atoms with Gasteiger partial charge in [0.1, 0.15) is 0 Å². The van der Waals surface area contributed by atoms with Crippen LogP contribution >= 0.6 is 0 Å². The second-order valence-corrected chi connectivity index (χ2v) is 5.94. The van der Waals surface area contributed by atoms with Crippen molar-refractivity contribution in [1.29, 1.82) is 0 Å². The van der Waals surface area contributed by atoms with Gasteiger partial charge in [0.2, 0.25) is 0 Å². The van der Waals surface area contributed by atoms with Crippen molar-refractivity contribution in [1.82, 2.24) is 5.32 Å². The van der Waals surface area contributed by atoms with Crippen LogP contribution in [0.1, 0.15) is 13.8 Å². The zero-order valence-electron chi connectivity index (χ0n) is 14.9. The SMILES string of the molecule is CC=C(C)C(=O)NC(F)(F)C(F)(F)C(F)(F)C(F)(F)C(F)(F)C(F)(F)C(F)(F)C(F)(F)F. The molecule has 0 aliphatic carbocycles. The Morgan fingerprint density at radius 1 is 0.562 bits per heavy atom. The van der Waals surface area contributed by atoms with E-state index in [9.17, 15) is 79.4 Å². The van der Waals surface area contributed by atoms with Crippen molar-refractivity contribution in [3.63, 3.8) is 0 Å². The second kappa shape index (κ2) is 7.81. The number of rotatable bonds is 8. The van der Waals surface area contributed by atoms with E-state index in [0.717, 1.165) is 6.92 Å². The van der Waals surface area contributed by atoms with E-state index in [-0.39, 0.29) is 5.32 Å². The van der Waals surface area contributed by atoms with Gasteiger partial charge in [0.15, 0.2) is 0 Å². The largest absolute Gasteiger partial charge is 0.460 e. The molecule has 190 valence electrons. The number of carbonyl (C=O) groups excluding carboxylic acids is 1. The number of carbonyl (C=O) groups is 1. The lowest BCUT2D eigenvalue weighted by atomic mass is 9.90. The molecule has 0 unspecified atom stereocenters. The third-order valence-electron chi connectivity index (χ3n) is 3.78. The standard InChI is InChI=1S/C13H8F17NO/c1-3-4(2)5(32)31-13(29,30)11(24,25)9(20,21)7(16,17)6(14,15)8(18,19)10(22,23)12(26,27)28/h3H,1-2H3,(H,31,32). The van der Waals surface area contributed by atoms with Crippen molar-refractivity contribution in [2.75, 3.05) is 0 Å². The molecule has 32 heavy (non-hydrogen) atoms. The van der Waals surface area contributed by atoms with Crippen molar-refractivity contribution in [2.24, 2.45) is 0 Å². The molecule has 0 fully saturated rings. The first-order chi connectivity index (χ1) is 13.6. The van der Waals surface area contributed by atoms with Crippen LogP contribution in [0.4, 0.5) is 74.6 Å². The van der Waals surface area contributed by atoms with Gasteiger partial charge in [0, 0.05) is 5.57 Å². The van der Waals surface area contributed by atoms with E-state index >= 15 is 0 Å². The van der Waals surface area contributed by atoms with Gasteiger partial charge in [0.05, 0.1) is 0 Å². The first kappa shape index (κ1) is 30.0. The normalized spacial score (nSPS) is 16.3. The van der Waals surface area contributed by atoms with Crippen LogP contribution in [0.5, 0.6) is 0 Å². The molecule has 0 spiro atoms. The van der Waals surface area contributed by atoms with Gasteiger partial charge in [-0.25, -0.2) is 0 Å². The molecule has 19 heteroatoms. The zero-order chi connectivity index (χ0) is 26.6. The van der Waals surface area contributed by atoms with Gasteiger partial charge >= 0.3 is 47.8 Å². The lowest BCUT2D eigenvalue weighted by molar-refractivity contribution is -0.462. The minimum absolute atomic E-state index is 0.294. The van der Waals surface area contributed by atoms with Crippen LogP contribution in [0, 0.1) is 0 Å². The van der Waals surface area contributed by atoms with Gasteiger partial charge in [-0.05, 0) is 13.8 Å². The molecule has 2 nitrogen and oxygen atoms in total. The third kappa shape index (κ3) is 3.94. The third-order valence-corrected chi connectivity index (χ3v) is 3.78. The average molecular weight is 517 g/mol. The van der Waals surface area contributed by atoms with Crippen LogP contribution in [-0.4, -0.2) is 53.7 Å². The number of nitrogens with one attached hydrogen (secondary N) is 1. The highest BCUT2D eigenvalue weighted by molar-refractivity contribution is 5.93. The summed E-state index contributed by atoms with van der Waals surface area (Å²) in [4.78, 5) is 11.1. The highest BCUT2D eigenvalue weighted by atomic mass is 19.4. The molecule has 0 bridgehead atoms. The number of alkyl halides is 17. The van der Waals surface area contributed by atoms with Crippen molar-refractivity contribution >= 4 is 5.91 Å². The molecule has 0 aliphatic heterocycles. The summed E-state index contributed by atoms with van der Waals surface area (Å²) in [5, 5.41) is -0.294. The topological polar surface area (TPSA) is 29.1 Å². The van der Waals surface area contributed by atoms with Gasteiger partial charge in [-0.2, -0.15) is 74.6 Å². The van der Waals surface area contributed by atoms with Gasteiger partial charge in [-0.1, -0.05) is 6.08 Å². The predicted octanol–water partition coefficient (Wildman–Crippen LogP) is 6.04. The van der Waals surface area contributed by atoms with E-state index < -0.39 is 59.2 Å². The lowest BCUT2D eigenvalue weighted by Gasteiger charge is -2.42. The van der Waals surface area contributed by atoms with Crippen LogP contribution in [0.2, 0.25) is 0 Å². The lowest BCUT2D eigenvalue weighted by Crippen LogP contribution is -2.75. The van der Waals surface area contributed by atoms with E-state index in [2.05, 4.69) is 0 Å². The molecule has 0 radical (unpaired) electrons. The maximum absolute atomic E-state index is 13.4. The van der Waals surface area contributed by atoms with Crippen LogP contribution < -0.4 is 5.32 Å². The van der Waals surface area contributed by atoms with Gasteiger partial charge in [-0.15, -0.1) is 0 Å². The van der Waals surface area contributed by atoms with Crippen LogP contribution in [-0.2, 0) is 4.79 Å². The molecule has 0 atom stereocenters. The number of amides is 1. The molecular formula is C13H8F17NO. The maximum Gasteiger partial charge on any atom is 0.460 e. The number of hydrogen-bond donors (Lipinski definition) is 1. The Hall–Kier alpha value is -1.98. The summed E-state index contributed by atoms with van der Waals surface area (Å²) in [7, 11) is 0.